The Morgan fingerprint density at radius 1 is 0.548 bits per heavy atom. The van der Waals surface area contributed by atoms with Crippen molar-refractivity contribution in [2.45, 2.75) is 0 Å². The van der Waals surface area contributed by atoms with E-state index in [1.54, 1.807) is 37.2 Å². The maximum Gasteiger partial charge on any atom is 0.165 e. The van der Waals surface area contributed by atoms with Gasteiger partial charge in [-0.05, 0) is 42.0 Å². The molecule has 6 heterocycles. The fourth-order valence-electron chi connectivity index (χ4n) is 3.28. The van der Waals surface area contributed by atoms with Gasteiger partial charge in [0.2, 0.25) is 0 Å². The second kappa shape index (κ2) is 6.99. The summed E-state index contributed by atoms with van der Waals surface area (Å²) in [7, 11) is 0. The molecule has 0 bridgehead atoms. The molecule has 6 rings (SSSR count). The minimum Gasteiger partial charge on any atom is -0.357 e. The van der Waals surface area contributed by atoms with Crippen LogP contribution in [0.15, 0.2) is 78.6 Å². The molecule has 0 spiro atoms. The molecule has 0 radical (unpaired) electrons. The Bertz CT molecular complexity index is 1430. The number of aliphatic imine (C=N–C) groups is 1. The Morgan fingerprint density at radius 2 is 1.06 bits per heavy atom. The third kappa shape index (κ3) is 3.04. The quantitative estimate of drug-likeness (QED) is 0.447. The van der Waals surface area contributed by atoms with Gasteiger partial charge in [-0.15, -0.1) is 0 Å². The van der Waals surface area contributed by atoms with Gasteiger partial charge >= 0.3 is 0 Å². The van der Waals surface area contributed by atoms with Gasteiger partial charge in [0.1, 0.15) is 0 Å². The number of aromatic nitrogens is 7. The van der Waals surface area contributed by atoms with Gasteiger partial charge in [-0.25, -0.2) is 15.0 Å². The molecule has 1 aliphatic heterocycles. The van der Waals surface area contributed by atoms with E-state index in [0.717, 1.165) is 16.7 Å². The van der Waals surface area contributed by atoms with Crippen LogP contribution in [0.2, 0.25) is 0 Å². The Hall–Kier alpha value is -4.66. The van der Waals surface area contributed by atoms with Gasteiger partial charge in [0.25, 0.3) is 0 Å². The van der Waals surface area contributed by atoms with Crippen molar-refractivity contribution >= 4 is 28.5 Å². The van der Waals surface area contributed by atoms with E-state index in [4.69, 9.17) is 0 Å². The molecule has 0 aliphatic carbocycles. The third-order valence-electron chi connectivity index (χ3n) is 4.76. The maximum absolute atomic E-state index is 4.69. The van der Waals surface area contributed by atoms with Crippen molar-refractivity contribution in [2.24, 2.45) is 4.99 Å². The summed E-state index contributed by atoms with van der Waals surface area (Å²) in [5.41, 5.74) is 2.95. The molecule has 146 valence electrons. The molecule has 0 N–H and O–H groups in total. The van der Waals surface area contributed by atoms with E-state index in [2.05, 4.69) is 45.2 Å². The highest BCUT2D eigenvalue weighted by molar-refractivity contribution is 6.20. The summed E-state index contributed by atoms with van der Waals surface area (Å²) in [6, 6.07) is 11.1. The second-order valence-corrected chi connectivity index (χ2v) is 6.70. The summed E-state index contributed by atoms with van der Waals surface area (Å²) in [5, 5.41) is 5.31. The maximum atomic E-state index is 4.69. The van der Waals surface area contributed by atoms with Crippen LogP contribution in [0.3, 0.4) is 0 Å². The highest BCUT2D eigenvalue weighted by Gasteiger charge is 2.17. The standard InChI is InChI=1S/C22H12N9/c1-7-23-8-2-13(1)17-26-20-16-21(27-17)29-19(15-5-11-25-12-6-15)31-22(16)30-18(28-20)14-3-9-24-10-4-14/h1-12H/q-1. The monoisotopic (exact) mass is 402 g/mol. The van der Waals surface area contributed by atoms with Crippen molar-refractivity contribution in [1.29, 1.82) is 0 Å². The van der Waals surface area contributed by atoms with Crippen LogP contribution >= 0.6 is 0 Å². The van der Waals surface area contributed by atoms with Crippen molar-refractivity contribution in [3.63, 3.8) is 0 Å². The Kier molecular flexibility index (Phi) is 3.88. The smallest absolute Gasteiger partial charge is 0.165 e. The molecule has 1 aliphatic rings. The Morgan fingerprint density at radius 3 is 1.65 bits per heavy atom. The average Bonchev–Trinajstić information content (AvgIpc) is 2.85. The zero-order valence-corrected chi connectivity index (χ0v) is 16.0. The second-order valence-electron chi connectivity index (χ2n) is 6.70. The first-order valence-corrected chi connectivity index (χ1v) is 9.46. The molecule has 5 aromatic rings. The lowest BCUT2D eigenvalue weighted by Gasteiger charge is -2.25. The fraction of sp³-hybridized carbons (Fsp3) is 0. The molecule has 5 aromatic heterocycles. The Labute approximate surface area is 176 Å². The van der Waals surface area contributed by atoms with Gasteiger partial charge in [-0.2, -0.15) is 0 Å². The summed E-state index contributed by atoms with van der Waals surface area (Å²) >= 11 is 0. The molecule has 0 aromatic carbocycles. The van der Waals surface area contributed by atoms with E-state index in [1.165, 1.54) is 0 Å². The largest absolute Gasteiger partial charge is 0.357 e. The molecule has 31 heavy (non-hydrogen) atoms. The number of pyridine rings is 3. The van der Waals surface area contributed by atoms with Crippen molar-refractivity contribution in [3.8, 4) is 22.8 Å². The van der Waals surface area contributed by atoms with Gasteiger partial charge in [0.15, 0.2) is 11.5 Å². The summed E-state index contributed by atoms with van der Waals surface area (Å²) in [5.74, 6) is 2.49. The first kappa shape index (κ1) is 17.2. The van der Waals surface area contributed by atoms with E-state index in [9.17, 15) is 0 Å². The summed E-state index contributed by atoms with van der Waals surface area (Å²) in [6.07, 6.45) is 10.2. The van der Waals surface area contributed by atoms with Crippen molar-refractivity contribution in [1.82, 2.24) is 34.9 Å². The third-order valence-corrected chi connectivity index (χ3v) is 4.76. The van der Waals surface area contributed by atoms with Gasteiger partial charge in [-0.3, -0.25) is 15.0 Å². The molecule has 0 atom stereocenters. The first-order chi connectivity index (χ1) is 15.3. The molecule has 0 saturated carbocycles. The average molecular weight is 402 g/mol. The lowest BCUT2D eigenvalue weighted by molar-refractivity contribution is 1.13. The van der Waals surface area contributed by atoms with E-state index >= 15 is 0 Å². The minimum atomic E-state index is 0.481. The van der Waals surface area contributed by atoms with Gasteiger partial charge in [-0.1, -0.05) is 0 Å². The van der Waals surface area contributed by atoms with E-state index in [-0.39, 0.29) is 0 Å². The van der Waals surface area contributed by atoms with Crippen LogP contribution in [0.25, 0.3) is 39.1 Å². The zero-order chi connectivity index (χ0) is 20.6. The lowest BCUT2D eigenvalue weighted by atomic mass is 10.2. The highest BCUT2D eigenvalue weighted by atomic mass is 15.2. The topological polar surface area (TPSA) is 117 Å². The molecule has 0 unspecified atom stereocenters. The van der Waals surface area contributed by atoms with Crippen LogP contribution in [-0.4, -0.2) is 40.7 Å². The van der Waals surface area contributed by atoms with Crippen LogP contribution in [0.5, 0.6) is 0 Å². The van der Waals surface area contributed by atoms with Crippen LogP contribution in [0.4, 0.5) is 11.6 Å². The van der Waals surface area contributed by atoms with Gasteiger partial charge in [0, 0.05) is 60.0 Å². The van der Waals surface area contributed by atoms with Crippen molar-refractivity contribution < 1.29 is 0 Å². The van der Waals surface area contributed by atoms with E-state index in [0.29, 0.717) is 40.2 Å². The van der Waals surface area contributed by atoms with E-state index in [1.807, 2.05) is 36.4 Å². The fourth-order valence-corrected chi connectivity index (χ4v) is 3.28. The molecule has 0 saturated heterocycles. The van der Waals surface area contributed by atoms with Crippen LogP contribution in [0.1, 0.15) is 5.56 Å². The normalized spacial score (nSPS) is 12.3. The van der Waals surface area contributed by atoms with Crippen LogP contribution in [0, 0.1) is 0 Å². The molecular weight excluding hydrogens is 390 g/mol. The number of rotatable bonds is 3. The summed E-state index contributed by atoms with van der Waals surface area (Å²) < 4.78 is 0. The van der Waals surface area contributed by atoms with Crippen molar-refractivity contribution in [2.75, 3.05) is 0 Å². The predicted molar refractivity (Wildman–Crippen MR) is 115 cm³/mol. The van der Waals surface area contributed by atoms with Crippen LogP contribution in [-0.2, 0) is 0 Å². The SMILES string of the molecule is c1cc(C2=Nc3nc(-c4ccncc4)nc4nc(-c5ccncc5)nc(c34)[N-]2)ccn1. The number of nitrogens with zero attached hydrogens (tertiary/aromatic N) is 9. The summed E-state index contributed by atoms with van der Waals surface area (Å²) in [4.78, 5) is 35.7. The van der Waals surface area contributed by atoms with Gasteiger partial charge < -0.3 is 15.3 Å². The number of amidine groups is 1. The number of hydrogen-bond acceptors (Lipinski definition) is 8. The van der Waals surface area contributed by atoms with Gasteiger partial charge in [0.05, 0.1) is 17.0 Å². The van der Waals surface area contributed by atoms with E-state index < -0.39 is 0 Å². The molecule has 9 nitrogen and oxygen atoms in total. The molecule has 0 amide bonds. The molecule has 9 heteroatoms. The summed E-state index contributed by atoms with van der Waals surface area (Å²) in [6.45, 7) is 0. The Balaban J connectivity index is 1.62. The zero-order valence-electron chi connectivity index (χ0n) is 16.0. The lowest BCUT2D eigenvalue weighted by Crippen LogP contribution is -2.06. The van der Waals surface area contributed by atoms with Crippen LogP contribution < -0.4 is 0 Å². The molecular formula is C22H12N9-. The number of hydrogen-bond donors (Lipinski definition) is 0. The predicted octanol–water partition coefficient (Wildman–Crippen LogP) is 4.04. The van der Waals surface area contributed by atoms with Crippen molar-refractivity contribution in [3.05, 3.63) is 84.5 Å². The highest BCUT2D eigenvalue weighted by Crippen LogP contribution is 2.40. The molecule has 0 fully saturated rings. The first-order valence-electron chi connectivity index (χ1n) is 9.46. The minimum absolute atomic E-state index is 0.481.